The zero-order chi connectivity index (χ0) is 23.9. The minimum absolute atomic E-state index is 0.00383. The topological polar surface area (TPSA) is 49.4 Å². The molecule has 5 heteroatoms. The second-order valence-corrected chi connectivity index (χ2v) is 10.6. The van der Waals surface area contributed by atoms with Gasteiger partial charge < -0.3 is 10.2 Å². The highest BCUT2D eigenvalue weighted by atomic mass is 32.2. The van der Waals surface area contributed by atoms with Gasteiger partial charge in [-0.05, 0) is 59.1 Å². The Morgan fingerprint density at radius 2 is 1.53 bits per heavy atom. The van der Waals surface area contributed by atoms with E-state index in [2.05, 4.69) is 37.4 Å². The molecule has 0 spiro atoms. The molecule has 0 aliphatic carbocycles. The lowest BCUT2D eigenvalue weighted by molar-refractivity contribution is -0.140. The highest BCUT2D eigenvalue weighted by Crippen LogP contribution is 2.19. The van der Waals surface area contributed by atoms with Gasteiger partial charge in [-0.25, -0.2) is 0 Å². The average Bonchev–Trinajstić information content (AvgIpc) is 2.67. The van der Waals surface area contributed by atoms with Crippen LogP contribution in [0, 0.1) is 20.8 Å². The SMILES string of the molecule is CCC(C(=O)NC(C)(C)C)N(Cc1ccc(C)cc1)C(=O)CSCc1cc(C)cc(C)c1. The first-order valence-electron chi connectivity index (χ1n) is 11.3. The Bertz CT molecular complexity index is 896. The maximum Gasteiger partial charge on any atom is 0.243 e. The fourth-order valence-corrected chi connectivity index (χ4v) is 4.60. The maximum atomic E-state index is 13.3. The molecule has 1 unspecified atom stereocenters. The van der Waals surface area contributed by atoms with Crippen LogP contribution in [-0.4, -0.2) is 34.0 Å². The van der Waals surface area contributed by atoms with Crippen molar-refractivity contribution in [1.29, 1.82) is 0 Å². The van der Waals surface area contributed by atoms with Crippen molar-refractivity contribution in [2.24, 2.45) is 0 Å². The number of nitrogens with zero attached hydrogens (tertiary/aromatic N) is 1. The molecule has 0 bridgehead atoms. The number of hydrogen-bond donors (Lipinski definition) is 1. The Hall–Kier alpha value is -2.27. The Labute approximate surface area is 198 Å². The number of carbonyl (C=O) groups is 2. The first-order chi connectivity index (χ1) is 15.0. The summed E-state index contributed by atoms with van der Waals surface area (Å²) in [6.07, 6.45) is 0.571. The number of carbonyl (C=O) groups excluding carboxylic acids is 2. The maximum absolute atomic E-state index is 13.3. The summed E-state index contributed by atoms with van der Waals surface area (Å²) in [5.41, 5.74) is 5.55. The van der Waals surface area contributed by atoms with E-state index in [4.69, 9.17) is 0 Å². The van der Waals surface area contributed by atoms with Crippen LogP contribution < -0.4 is 5.32 Å². The fourth-order valence-electron chi connectivity index (χ4n) is 3.75. The Morgan fingerprint density at radius 3 is 2.06 bits per heavy atom. The van der Waals surface area contributed by atoms with Gasteiger partial charge in [-0.1, -0.05) is 66.1 Å². The number of nitrogens with one attached hydrogen (secondary N) is 1. The van der Waals surface area contributed by atoms with Crippen molar-refractivity contribution in [1.82, 2.24) is 10.2 Å². The lowest BCUT2D eigenvalue weighted by Gasteiger charge is -2.33. The van der Waals surface area contributed by atoms with Crippen LogP contribution in [0.4, 0.5) is 0 Å². The average molecular weight is 455 g/mol. The van der Waals surface area contributed by atoms with Crippen LogP contribution >= 0.6 is 11.8 Å². The number of thioether (sulfide) groups is 1. The number of rotatable bonds is 9. The van der Waals surface area contributed by atoms with E-state index in [9.17, 15) is 9.59 Å². The molecule has 0 saturated heterocycles. The highest BCUT2D eigenvalue weighted by molar-refractivity contribution is 7.99. The first kappa shape index (κ1) is 26.0. The molecular weight excluding hydrogens is 416 g/mol. The molecule has 32 heavy (non-hydrogen) atoms. The Morgan fingerprint density at radius 1 is 0.938 bits per heavy atom. The summed E-state index contributed by atoms with van der Waals surface area (Å²) in [6.45, 7) is 14.5. The molecule has 0 radical (unpaired) electrons. The number of hydrogen-bond acceptors (Lipinski definition) is 3. The van der Waals surface area contributed by atoms with E-state index < -0.39 is 6.04 Å². The van der Waals surface area contributed by atoms with E-state index in [-0.39, 0.29) is 17.4 Å². The zero-order valence-corrected chi connectivity index (χ0v) is 21.4. The summed E-state index contributed by atoms with van der Waals surface area (Å²) in [6, 6.07) is 14.2. The van der Waals surface area contributed by atoms with Gasteiger partial charge in [-0.3, -0.25) is 9.59 Å². The molecule has 0 fully saturated rings. The number of aryl methyl sites for hydroxylation is 3. The molecule has 0 aromatic heterocycles. The summed E-state index contributed by atoms with van der Waals surface area (Å²) in [7, 11) is 0. The minimum Gasteiger partial charge on any atom is -0.350 e. The molecule has 0 aliphatic heterocycles. The van der Waals surface area contributed by atoms with E-state index >= 15 is 0 Å². The van der Waals surface area contributed by atoms with Crippen LogP contribution in [-0.2, 0) is 21.9 Å². The van der Waals surface area contributed by atoms with Crippen LogP contribution in [0.2, 0.25) is 0 Å². The molecule has 0 saturated carbocycles. The van der Waals surface area contributed by atoms with Gasteiger partial charge in [-0.2, -0.15) is 0 Å². The number of benzene rings is 2. The van der Waals surface area contributed by atoms with Crippen molar-refractivity contribution in [2.75, 3.05) is 5.75 Å². The van der Waals surface area contributed by atoms with E-state index in [1.54, 1.807) is 16.7 Å². The van der Waals surface area contributed by atoms with Gasteiger partial charge in [0.2, 0.25) is 11.8 Å². The molecule has 2 aromatic rings. The molecule has 2 aromatic carbocycles. The van der Waals surface area contributed by atoms with E-state index in [1.807, 2.05) is 58.9 Å². The van der Waals surface area contributed by atoms with Crippen LogP contribution in [0.3, 0.4) is 0 Å². The summed E-state index contributed by atoms with van der Waals surface area (Å²) < 4.78 is 0. The van der Waals surface area contributed by atoms with Crippen molar-refractivity contribution in [3.8, 4) is 0 Å². The largest absolute Gasteiger partial charge is 0.350 e. The van der Waals surface area contributed by atoms with Gasteiger partial charge in [-0.15, -0.1) is 11.8 Å². The van der Waals surface area contributed by atoms with Crippen molar-refractivity contribution in [3.05, 3.63) is 70.3 Å². The summed E-state index contributed by atoms with van der Waals surface area (Å²) in [4.78, 5) is 28.1. The normalized spacial score (nSPS) is 12.3. The van der Waals surface area contributed by atoms with Gasteiger partial charge in [0, 0.05) is 17.8 Å². The highest BCUT2D eigenvalue weighted by Gasteiger charge is 2.30. The van der Waals surface area contributed by atoms with Gasteiger partial charge in [0.1, 0.15) is 6.04 Å². The molecule has 2 rings (SSSR count). The van der Waals surface area contributed by atoms with Crippen LogP contribution in [0.5, 0.6) is 0 Å². The van der Waals surface area contributed by atoms with E-state index in [0.29, 0.717) is 18.7 Å². The summed E-state index contributed by atoms with van der Waals surface area (Å²) >= 11 is 1.60. The first-order valence-corrected chi connectivity index (χ1v) is 12.5. The second-order valence-electron chi connectivity index (χ2n) is 9.66. The third-order valence-electron chi connectivity index (χ3n) is 5.13. The van der Waals surface area contributed by atoms with Crippen molar-refractivity contribution in [2.45, 2.75) is 78.8 Å². The van der Waals surface area contributed by atoms with Gasteiger partial charge in [0.25, 0.3) is 0 Å². The molecule has 174 valence electrons. The van der Waals surface area contributed by atoms with Crippen LogP contribution in [0.1, 0.15) is 61.9 Å². The van der Waals surface area contributed by atoms with E-state index in [0.717, 1.165) is 11.3 Å². The lowest BCUT2D eigenvalue weighted by Crippen LogP contribution is -2.53. The van der Waals surface area contributed by atoms with Crippen molar-refractivity contribution < 1.29 is 9.59 Å². The molecule has 4 nitrogen and oxygen atoms in total. The van der Waals surface area contributed by atoms with Gasteiger partial charge in [0.15, 0.2) is 0 Å². The van der Waals surface area contributed by atoms with Gasteiger partial charge in [0.05, 0.1) is 5.75 Å². The smallest absolute Gasteiger partial charge is 0.243 e. The van der Waals surface area contributed by atoms with Crippen molar-refractivity contribution in [3.63, 3.8) is 0 Å². The molecule has 0 heterocycles. The standard InChI is InChI=1S/C27H38N2O2S/c1-8-24(26(31)28-27(5,6)7)29(16-22-11-9-19(2)10-12-22)25(30)18-32-17-23-14-20(3)13-21(4)15-23/h9-15,24H,8,16-18H2,1-7H3,(H,28,31). The Kier molecular flexibility index (Phi) is 9.38. The van der Waals surface area contributed by atoms with Crippen LogP contribution in [0.25, 0.3) is 0 Å². The van der Waals surface area contributed by atoms with Gasteiger partial charge >= 0.3 is 0 Å². The predicted molar refractivity (Wildman–Crippen MR) is 136 cm³/mol. The van der Waals surface area contributed by atoms with E-state index in [1.165, 1.54) is 22.3 Å². The number of amides is 2. The predicted octanol–water partition coefficient (Wildman–Crippen LogP) is 5.57. The second kappa shape index (κ2) is 11.6. The van der Waals surface area contributed by atoms with Crippen LogP contribution in [0.15, 0.2) is 42.5 Å². The van der Waals surface area contributed by atoms with Crippen molar-refractivity contribution >= 4 is 23.6 Å². The molecule has 0 aliphatic rings. The molecule has 2 amide bonds. The lowest BCUT2D eigenvalue weighted by atomic mass is 10.1. The zero-order valence-electron chi connectivity index (χ0n) is 20.6. The summed E-state index contributed by atoms with van der Waals surface area (Å²) in [5.74, 6) is 1.02. The minimum atomic E-state index is -0.496. The summed E-state index contributed by atoms with van der Waals surface area (Å²) in [5, 5.41) is 3.06. The Balaban J connectivity index is 2.16. The molecule has 1 atom stereocenters. The fraction of sp³-hybridized carbons (Fsp3) is 0.481. The monoisotopic (exact) mass is 454 g/mol. The molecule has 1 N–H and O–H groups in total. The third-order valence-corrected chi connectivity index (χ3v) is 6.12. The quantitative estimate of drug-likeness (QED) is 0.539. The third kappa shape index (κ3) is 8.34. The molecular formula is C27H38N2O2S.